The van der Waals surface area contributed by atoms with Gasteiger partial charge in [-0.25, -0.2) is 0 Å². The Morgan fingerprint density at radius 2 is 2.11 bits per heavy atom. The van der Waals surface area contributed by atoms with Crippen LogP contribution in [-0.2, 0) is 7.05 Å². The van der Waals surface area contributed by atoms with E-state index in [1.165, 1.54) is 0 Å². The van der Waals surface area contributed by atoms with Crippen LogP contribution in [0.3, 0.4) is 0 Å². The van der Waals surface area contributed by atoms with Crippen molar-refractivity contribution >= 4 is 18.3 Å². The van der Waals surface area contributed by atoms with Crippen molar-refractivity contribution in [1.29, 1.82) is 0 Å². The van der Waals surface area contributed by atoms with Crippen molar-refractivity contribution in [3.63, 3.8) is 0 Å². The molecule has 1 fully saturated rings. The van der Waals surface area contributed by atoms with Gasteiger partial charge in [-0.15, -0.1) is 12.4 Å². The van der Waals surface area contributed by atoms with Gasteiger partial charge in [-0.05, 0) is 38.3 Å². The number of rotatable bonds is 2. The molecule has 0 aliphatic carbocycles. The van der Waals surface area contributed by atoms with Gasteiger partial charge in [0.15, 0.2) is 5.69 Å². The summed E-state index contributed by atoms with van der Waals surface area (Å²) >= 11 is 0. The Kier molecular flexibility index (Phi) is 5.16. The molecule has 1 aliphatic heterocycles. The zero-order valence-corrected chi connectivity index (χ0v) is 11.7. The number of nitrogens with two attached hydrogens (primary N) is 1. The van der Waals surface area contributed by atoms with Gasteiger partial charge in [0.2, 0.25) is 0 Å². The summed E-state index contributed by atoms with van der Waals surface area (Å²) in [6.07, 6.45) is 2.02. The highest BCUT2D eigenvalue weighted by Crippen LogP contribution is 2.17. The molecule has 0 aromatic carbocycles. The van der Waals surface area contributed by atoms with Crippen LogP contribution in [0.4, 0.5) is 0 Å². The van der Waals surface area contributed by atoms with E-state index in [9.17, 15) is 4.79 Å². The summed E-state index contributed by atoms with van der Waals surface area (Å²) in [7, 11) is 1.85. The summed E-state index contributed by atoms with van der Waals surface area (Å²) < 4.78 is 1.74. The van der Waals surface area contributed by atoms with E-state index in [4.69, 9.17) is 5.73 Å². The van der Waals surface area contributed by atoms with Gasteiger partial charge in [-0.1, -0.05) is 0 Å². The predicted molar refractivity (Wildman–Crippen MR) is 72.9 cm³/mol. The fourth-order valence-electron chi connectivity index (χ4n) is 2.20. The molecule has 0 atom stereocenters. The molecule has 2 N–H and O–H groups in total. The van der Waals surface area contributed by atoms with Gasteiger partial charge in [0, 0.05) is 25.8 Å². The maximum atomic E-state index is 12.2. The topological polar surface area (TPSA) is 64.2 Å². The molecular formula is C12H21ClN4O. The highest BCUT2D eigenvalue weighted by atomic mass is 35.5. The number of carbonyl (C=O) groups is 1. The Balaban J connectivity index is 0.00000162. The third-order valence-corrected chi connectivity index (χ3v) is 3.57. The molecular weight excluding hydrogens is 252 g/mol. The number of amides is 1. The van der Waals surface area contributed by atoms with E-state index >= 15 is 0 Å². The van der Waals surface area contributed by atoms with Gasteiger partial charge in [-0.3, -0.25) is 9.48 Å². The first-order chi connectivity index (χ1) is 8.11. The van der Waals surface area contributed by atoms with Crippen molar-refractivity contribution in [2.45, 2.75) is 19.8 Å². The van der Waals surface area contributed by atoms with Gasteiger partial charge in [0.25, 0.3) is 5.91 Å². The Labute approximate surface area is 114 Å². The molecule has 6 heteroatoms. The van der Waals surface area contributed by atoms with E-state index < -0.39 is 0 Å². The van der Waals surface area contributed by atoms with E-state index in [0.29, 0.717) is 11.6 Å². The number of carbonyl (C=O) groups excluding carboxylic acids is 1. The van der Waals surface area contributed by atoms with Gasteiger partial charge >= 0.3 is 0 Å². The highest BCUT2D eigenvalue weighted by molar-refractivity contribution is 5.92. The van der Waals surface area contributed by atoms with E-state index in [1.54, 1.807) is 4.68 Å². The van der Waals surface area contributed by atoms with Crippen LogP contribution in [-0.4, -0.2) is 40.2 Å². The number of hydrogen-bond donors (Lipinski definition) is 1. The zero-order chi connectivity index (χ0) is 12.4. The lowest BCUT2D eigenvalue weighted by Crippen LogP contribution is -2.40. The molecule has 102 valence electrons. The largest absolute Gasteiger partial charge is 0.337 e. The average Bonchev–Trinajstić information content (AvgIpc) is 2.69. The maximum Gasteiger partial charge on any atom is 0.274 e. The monoisotopic (exact) mass is 272 g/mol. The molecule has 2 heterocycles. The average molecular weight is 273 g/mol. The SMILES string of the molecule is Cc1cc(C(=O)N2CCC(CN)CC2)nn1C.Cl. The molecule has 2 rings (SSSR count). The number of aromatic nitrogens is 2. The molecule has 0 spiro atoms. The van der Waals surface area contributed by atoms with E-state index in [0.717, 1.165) is 38.2 Å². The standard InChI is InChI=1S/C12H20N4O.ClH/c1-9-7-11(14-15(9)2)12(17)16-5-3-10(8-13)4-6-16;/h7,10H,3-6,8,13H2,1-2H3;1H. The molecule has 1 aromatic heterocycles. The van der Waals surface area contributed by atoms with Gasteiger partial charge in [0.05, 0.1) is 0 Å². The molecule has 5 nitrogen and oxygen atoms in total. The lowest BCUT2D eigenvalue weighted by molar-refractivity contribution is 0.0686. The van der Waals surface area contributed by atoms with Crippen LogP contribution in [0, 0.1) is 12.8 Å². The normalized spacial score (nSPS) is 16.5. The van der Waals surface area contributed by atoms with Crippen molar-refractivity contribution < 1.29 is 4.79 Å². The van der Waals surface area contributed by atoms with Crippen LogP contribution in [0.5, 0.6) is 0 Å². The van der Waals surface area contributed by atoms with Gasteiger partial charge in [0.1, 0.15) is 0 Å². The van der Waals surface area contributed by atoms with Crippen LogP contribution < -0.4 is 5.73 Å². The number of aryl methyl sites for hydroxylation is 2. The minimum absolute atomic E-state index is 0. The van der Waals surface area contributed by atoms with Crippen LogP contribution >= 0.6 is 12.4 Å². The lowest BCUT2D eigenvalue weighted by Gasteiger charge is -2.30. The van der Waals surface area contributed by atoms with E-state index in [1.807, 2.05) is 24.9 Å². The van der Waals surface area contributed by atoms with Crippen LogP contribution in [0.2, 0.25) is 0 Å². The molecule has 0 unspecified atom stereocenters. The van der Waals surface area contributed by atoms with E-state index in [2.05, 4.69) is 5.10 Å². The summed E-state index contributed by atoms with van der Waals surface area (Å²) in [6.45, 7) is 4.28. The van der Waals surface area contributed by atoms with Crippen molar-refractivity contribution in [1.82, 2.24) is 14.7 Å². The first-order valence-corrected chi connectivity index (χ1v) is 6.11. The quantitative estimate of drug-likeness (QED) is 0.872. The molecule has 1 aromatic rings. The fourth-order valence-corrected chi connectivity index (χ4v) is 2.20. The molecule has 1 aliphatic rings. The van der Waals surface area contributed by atoms with Crippen molar-refractivity contribution in [2.24, 2.45) is 18.7 Å². The van der Waals surface area contributed by atoms with Crippen molar-refractivity contribution in [2.75, 3.05) is 19.6 Å². The summed E-state index contributed by atoms with van der Waals surface area (Å²) in [5.74, 6) is 0.619. The van der Waals surface area contributed by atoms with Crippen molar-refractivity contribution in [3.05, 3.63) is 17.5 Å². The van der Waals surface area contributed by atoms with Crippen LogP contribution in [0.1, 0.15) is 29.0 Å². The Bertz CT molecular complexity index is 391. The fraction of sp³-hybridized carbons (Fsp3) is 0.667. The molecule has 1 amide bonds. The number of nitrogens with zero attached hydrogens (tertiary/aromatic N) is 3. The second-order valence-corrected chi connectivity index (χ2v) is 4.77. The summed E-state index contributed by atoms with van der Waals surface area (Å²) in [4.78, 5) is 14.1. The lowest BCUT2D eigenvalue weighted by atomic mass is 9.97. The third kappa shape index (κ3) is 3.03. The number of likely N-dealkylation sites (tertiary alicyclic amines) is 1. The minimum atomic E-state index is 0. The maximum absolute atomic E-state index is 12.2. The zero-order valence-electron chi connectivity index (χ0n) is 10.9. The molecule has 1 saturated heterocycles. The predicted octanol–water partition coefficient (Wildman–Crippen LogP) is 0.961. The molecule has 0 saturated carbocycles. The Hall–Kier alpha value is -1.07. The second-order valence-electron chi connectivity index (χ2n) is 4.77. The molecule has 18 heavy (non-hydrogen) atoms. The number of piperidine rings is 1. The summed E-state index contributed by atoms with van der Waals surface area (Å²) in [5.41, 5.74) is 7.20. The van der Waals surface area contributed by atoms with Gasteiger partial charge < -0.3 is 10.6 Å². The smallest absolute Gasteiger partial charge is 0.274 e. The first-order valence-electron chi connectivity index (χ1n) is 6.11. The van der Waals surface area contributed by atoms with Gasteiger partial charge in [-0.2, -0.15) is 5.10 Å². The van der Waals surface area contributed by atoms with E-state index in [-0.39, 0.29) is 18.3 Å². The second kappa shape index (κ2) is 6.20. The van der Waals surface area contributed by atoms with Crippen LogP contribution in [0.15, 0.2) is 6.07 Å². The summed E-state index contributed by atoms with van der Waals surface area (Å²) in [5, 5.41) is 4.23. The summed E-state index contributed by atoms with van der Waals surface area (Å²) in [6, 6.07) is 1.84. The third-order valence-electron chi connectivity index (χ3n) is 3.57. The first kappa shape index (κ1) is 15.0. The highest BCUT2D eigenvalue weighted by Gasteiger charge is 2.24. The molecule has 0 radical (unpaired) electrons. The minimum Gasteiger partial charge on any atom is -0.337 e. The van der Waals surface area contributed by atoms with Crippen molar-refractivity contribution in [3.8, 4) is 0 Å². The Morgan fingerprint density at radius 1 is 1.50 bits per heavy atom. The molecule has 0 bridgehead atoms. The number of halogens is 1. The number of hydrogen-bond acceptors (Lipinski definition) is 3. The van der Waals surface area contributed by atoms with Crippen LogP contribution in [0.25, 0.3) is 0 Å². The Morgan fingerprint density at radius 3 is 2.56 bits per heavy atom.